The zero-order chi connectivity index (χ0) is 16.5. The number of rotatable bonds is 2. The van der Waals surface area contributed by atoms with Gasteiger partial charge >= 0.3 is 6.09 Å². The minimum atomic E-state index is -0.417. The van der Waals surface area contributed by atoms with Crippen molar-refractivity contribution in [2.45, 2.75) is 64.5 Å². The number of hydrogen-bond donors (Lipinski definition) is 2. The maximum absolute atomic E-state index is 12.7. The summed E-state index contributed by atoms with van der Waals surface area (Å²) in [5.74, 6) is 0.738. The van der Waals surface area contributed by atoms with Gasteiger partial charge in [0, 0.05) is 24.5 Å². The van der Waals surface area contributed by atoms with Gasteiger partial charge in [0.05, 0.1) is 0 Å². The van der Waals surface area contributed by atoms with Gasteiger partial charge in [-0.2, -0.15) is 0 Å². The second kappa shape index (κ2) is 6.60. The molecular formula is C18H33N3O2. The molecule has 3 rings (SSSR count). The largest absolute Gasteiger partial charge is 0.444 e. The molecule has 0 radical (unpaired) electrons. The van der Waals surface area contributed by atoms with Gasteiger partial charge in [0.1, 0.15) is 5.60 Å². The van der Waals surface area contributed by atoms with Gasteiger partial charge in [-0.3, -0.25) is 0 Å². The Bertz CT molecular complexity index is 420. The summed E-state index contributed by atoms with van der Waals surface area (Å²) >= 11 is 0. The molecule has 1 spiro atoms. The molecule has 0 aromatic rings. The smallest absolute Gasteiger partial charge is 0.410 e. The summed E-state index contributed by atoms with van der Waals surface area (Å²) in [6, 6.07) is 0.343. The number of carbonyl (C=O) groups is 1. The molecule has 3 heterocycles. The summed E-state index contributed by atoms with van der Waals surface area (Å²) in [7, 11) is 0. The number of hydrogen-bond acceptors (Lipinski definition) is 4. The van der Waals surface area contributed by atoms with Crippen LogP contribution in [-0.4, -0.2) is 55.4 Å². The van der Waals surface area contributed by atoms with Gasteiger partial charge < -0.3 is 20.3 Å². The average Bonchev–Trinajstić information content (AvgIpc) is 3.08. The lowest BCUT2D eigenvalue weighted by Gasteiger charge is -2.38. The molecule has 2 atom stereocenters. The van der Waals surface area contributed by atoms with E-state index in [4.69, 9.17) is 4.74 Å². The summed E-state index contributed by atoms with van der Waals surface area (Å²) < 4.78 is 5.70. The van der Waals surface area contributed by atoms with Crippen LogP contribution in [0.3, 0.4) is 0 Å². The summed E-state index contributed by atoms with van der Waals surface area (Å²) in [6.07, 6.45) is 5.82. The average molecular weight is 323 g/mol. The highest BCUT2D eigenvalue weighted by atomic mass is 16.6. The van der Waals surface area contributed by atoms with E-state index in [1.54, 1.807) is 0 Å². The molecule has 3 saturated heterocycles. The Hall–Kier alpha value is -0.810. The second-order valence-corrected chi connectivity index (χ2v) is 8.66. The molecule has 1 amide bonds. The van der Waals surface area contributed by atoms with E-state index in [-0.39, 0.29) is 11.5 Å². The van der Waals surface area contributed by atoms with Crippen LogP contribution in [0, 0.1) is 11.3 Å². The Balaban J connectivity index is 1.73. The van der Waals surface area contributed by atoms with Crippen LogP contribution < -0.4 is 10.6 Å². The number of amides is 1. The SMILES string of the molecule is CC(C)(C)OC(=O)N1CCC2(CCNC2)C1CC1CCNCC1. The zero-order valence-corrected chi connectivity index (χ0v) is 15.0. The topological polar surface area (TPSA) is 53.6 Å². The van der Waals surface area contributed by atoms with Crippen molar-refractivity contribution in [1.29, 1.82) is 0 Å². The molecular weight excluding hydrogens is 290 g/mol. The van der Waals surface area contributed by atoms with Crippen molar-refractivity contribution in [1.82, 2.24) is 15.5 Å². The van der Waals surface area contributed by atoms with Gasteiger partial charge in [0.25, 0.3) is 0 Å². The molecule has 3 aliphatic rings. The Morgan fingerprint density at radius 2 is 1.91 bits per heavy atom. The molecule has 132 valence electrons. The molecule has 2 unspecified atom stereocenters. The van der Waals surface area contributed by atoms with E-state index >= 15 is 0 Å². The van der Waals surface area contributed by atoms with Gasteiger partial charge in [-0.05, 0) is 78.4 Å². The van der Waals surface area contributed by atoms with Gasteiger partial charge in [-0.15, -0.1) is 0 Å². The van der Waals surface area contributed by atoms with Crippen LogP contribution in [0.4, 0.5) is 4.79 Å². The number of ether oxygens (including phenoxy) is 1. The van der Waals surface area contributed by atoms with Crippen LogP contribution in [0.1, 0.15) is 52.9 Å². The third-order valence-corrected chi connectivity index (χ3v) is 5.85. The minimum Gasteiger partial charge on any atom is -0.444 e. The maximum Gasteiger partial charge on any atom is 0.410 e. The van der Waals surface area contributed by atoms with E-state index in [9.17, 15) is 4.79 Å². The fraction of sp³-hybridized carbons (Fsp3) is 0.944. The highest BCUT2D eigenvalue weighted by Crippen LogP contribution is 2.45. The van der Waals surface area contributed by atoms with E-state index in [0.29, 0.717) is 6.04 Å². The predicted octanol–water partition coefficient (Wildman–Crippen LogP) is 2.37. The molecule has 3 fully saturated rings. The van der Waals surface area contributed by atoms with Crippen molar-refractivity contribution in [2.24, 2.45) is 11.3 Å². The van der Waals surface area contributed by atoms with E-state index in [0.717, 1.165) is 51.5 Å². The third kappa shape index (κ3) is 3.82. The lowest BCUT2D eigenvalue weighted by Crippen LogP contribution is -2.47. The summed E-state index contributed by atoms with van der Waals surface area (Å²) in [4.78, 5) is 14.8. The number of carbonyl (C=O) groups excluding carboxylic acids is 1. The number of nitrogens with zero attached hydrogens (tertiary/aromatic N) is 1. The van der Waals surface area contributed by atoms with E-state index in [1.807, 2.05) is 20.8 Å². The number of likely N-dealkylation sites (tertiary alicyclic amines) is 1. The Morgan fingerprint density at radius 3 is 2.52 bits per heavy atom. The number of piperidine rings is 1. The summed E-state index contributed by atoms with van der Waals surface area (Å²) in [5, 5.41) is 6.99. The minimum absolute atomic E-state index is 0.111. The molecule has 0 bridgehead atoms. The lowest BCUT2D eigenvalue weighted by molar-refractivity contribution is 0.0134. The standard InChI is InChI=1S/C18H33N3O2/c1-17(2,3)23-16(22)21-11-7-18(6-10-20-13-18)15(21)12-14-4-8-19-9-5-14/h14-15,19-20H,4-13H2,1-3H3. The van der Waals surface area contributed by atoms with Gasteiger partial charge in [-0.1, -0.05) is 0 Å². The monoisotopic (exact) mass is 323 g/mol. The molecule has 0 aromatic carbocycles. The lowest BCUT2D eigenvalue weighted by atomic mass is 9.74. The molecule has 0 aliphatic carbocycles. The van der Waals surface area contributed by atoms with E-state index in [2.05, 4.69) is 15.5 Å². The molecule has 23 heavy (non-hydrogen) atoms. The first-order valence-corrected chi connectivity index (χ1v) is 9.31. The predicted molar refractivity (Wildman–Crippen MR) is 91.5 cm³/mol. The third-order valence-electron chi connectivity index (χ3n) is 5.85. The van der Waals surface area contributed by atoms with Crippen LogP contribution in [-0.2, 0) is 4.74 Å². The van der Waals surface area contributed by atoms with Crippen molar-refractivity contribution in [3.8, 4) is 0 Å². The molecule has 5 nitrogen and oxygen atoms in total. The van der Waals surface area contributed by atoms with Gasteiger partial charge in [-0.25, -0.2) is 4.79 Å². The van der Waals surface area contributed by atoms with Crippen molar-refractivity contribution in [2.75, 3.05) is 32.7 Å². The Kier molecular flexibility index (Phi) is 4.88. The van der Waals surface area contributed by atoms with Crippen molar-refractivity contribution in [3.05, 3.63) is 0 Å². The van der Waals surface area contributed by atoms with Crippen LogP contribution in [0.2, 0.25) is 0 Å². The van der Waals surface area contributed by atoms with Crippen molar-refractivity contribution < 1.29 is 9.53 Å². The summed E-state index contributed by atoms with van der Waals surface area (Å²) in [5.41, 5.74) is -0.137. The Labute approximate surface area is 140 Å². The van der Waals surface area contributed by atoms with Crippen LogP contribution in [0.15, 0.2) is 0 Å². The van der Waals surface area contributed by atoms with Crippen molar-refractivity contribution >= 4 is 6.09 Å². The number of nitrogens with one attached hydrogen (secondary N) is 2. The maximum atomic E-state index is 12.7. The Morgan fingerprint density at radius 1 is 1.17 bits per heavy atom. The molecule has 3 aliphatic heterocycles. The normalized spacial score (nSPS) is 32.7. The molecule has 5 heteroatoms. The highest BCUT2D eigenvalue weighted by molar-refractivity contribution is 5.69. The quantitative estimate of drug-likeness (QED) is 0.819. The first-order chi connectivity index (χ1) is 10.9. The van der Waals surface area contributed by atoms with Crippen molar-refractivity contribution in [3.63, 3.8) is 0 Å². The fourth-order valence-corrected chi connectivity index (χ4v) is 4.61. The highest BCUT2D eigenvalue weighted by Gasteiger charge is 2.51. The van der Waals surface area contributed by atoms with E-state index < -0.39 is 5.60 Å². The van der Waals surface area contributed by atoms with Crippen LogP contribution in [0.25, 0.3) is 0 Å². The first-order valence-electron chi connectivity index (χ1n) is 9.31. The van der Waals surface area contributed by atoms with E-state index in [1.165, 1.54) is 19.3 Å². The molecule has 0 aromatic heterocycles. The fourth-order valence-electron chi connectivity index (χ4n) is 4.61. The zero-order valence-electron chi connectivity index (χ0n) is 15.0. The first kappa shape index (κ1) is 17.0. The van der Waals surface area contributed by atoms with Gasteiger partial charge in [0.2, 0.25) is 0 Å². The molecule has 2 N–H and O–H groups in total. The second-order valence-electron chi connectivity index (χ2n) is 8.66. The molecule has 0 saturated carbocycles. The van der Waals surface area contributed by atoms with Gasteiger partial charge in [0.15, 0.2) is 0 Å². The van der Waals surface area contributed by atoms with Crippen LogP contribution in [0.5, 0.6) is 0 Å². The van der Waals surface area contributed by atoms with Crippen LogP contribution >= 0.6 is 0 Å². The summed E-state index contributed by atoms with van der Waals surface area (Å²) in [6.45, 7) is 11.1.